The van der Waals surface area contributed by atoms with Crippen LogP contribution in [0.4, 0.5) is 0 Å². The lowest BCUT2D eigenvalue weighted by Crippen LogP contribution is -2.19. The quantitative estimate of drug-likeness (QED) is 0.527. The molecule has 0 aliphatic carbocycles. The first-order chi connectivity index (χ1) is 8.31. The highest BCUT2D eigenvalue weighted by Crippen LogP contribution is 2.38. The Morgan fingerprint density at radius 2 is 1.72 bits per heavy atom. The number of aliphatic carboxylic acids is 1. The van der Waals surface area contributed by atoms with Crippen molar-refractivity contribution in [3.8, 4) is 0 Å². The van der Waals surface area contributed by atoms with Crippen LogP contribution in [0.25, 0.3) is 0 Å². The third kappa shape index (κ3) is 4.75. The number of carboxylic acid groups (broad SMARTS) is 1. The van der Waals surface area contributed by atoms with Gasteiger partial charge in [0.25, 0.3) is 0 Å². The first-order valence-electron chi connectivity index (χ1n) is 4.99. The van der Waals surface area contributed by atoms with Crippen molar-refractivity contribution in [2.45, 2.75) is 18.6 Å². The Bertz CT molecular complexity index is 480. The van der Waals surface area contributed by atoms with Crippen LogP contribution in [0.3, 0.4) is 0 Å². The van der Waals surface area contributed by atoms with Crippen LogP contribution in [0.2, 0.25) is 0 Å². The van der Waals surface area contributed by atoms with Gasteiger partial charge in [0.1, 0.15) is 0 Å². The molecule has 3 N–H and O–H groups in total. The Morgan fingerprint density at radius 3 is 2.11 bits per heavy atom. The highest BCUT2D eigenvalue weighted by atomic mass is 31.2. The van der Waals surface area contributed by atoms with Crippen LogP contribution in [0.5, 0.6) is 0 Å². The Morgan fingerprint density at radius 1 is 1.22 bits per heavy atom. The average Bonchev–Trinajstić information content (AvgIpc) is 2.25. The predicted octanol–water partition coefficient (Wildman–Crippen LogP) is 1.13. The van der Waals surface area contributed by atoms with Crippen LogP contribution in [0, 0.1) is 4.91 Å². The summed E-state index contributed by atoms with van der Waals surface area (Å²) in [5.74, 6) is -1.30. The second-order valence-electron chi connectivity index (χ2n) is 3.80. The molecule has 7 nitrogen and oxygen atoms in total. The van der Waals surface area contributed by atoms with Crippen LogP contribution in [-0.2, 0) is 21.9 Å². The molecule has 1 atom stereocenters. The van der Waals surface area contributed by atoms with Crippen molar-refractivity contribution < 1.29 is 24.3 Å². The second-order valence-corrected chi connectivity index (χ2v) is 5.45. The van der Waals surface area contributed by atoms with Crippen molar-refractivity contribution in [1.82, 2.24) is 0 Å². The molecule has 0 saturated carbocycles. The Balaban J connectivity index is 2.74. The van der Waals surface area contributed by atoms with E-state index in [9.17, 15) is 14.3 Å². The first-order valence-corrected chi connectivity index (χ1v) is 6.79. The molecule has 0 aromatic heterocycles. The molecule has 0 aliphatic rings. The van der Waals surface area contributed by atoms with Crippen molar-refractivity contribution in [2.24, 2.45) is 5.18 Å². The summed E-state index contributed by atoms with van der Waals surface area (Å²) < 4.78 is 10.8. The monoisotopic (exact) mass is 273 g/mol. The van der Waals surface area contributed by atoms with Gasteiger partial charge in [-0.1, -0.05) is 29.4 Å². The molecule has 1 rings (SSSR count). The molecule has 0 bridgehead atoms. The molecule has 0 amide bonds. The molecule has 98 valence electrons. The lowest BCUT2D eigenvalue weighted by Gasteiger charge is -2.07. The van der Waals surface area contributed by atoms with Crippen LogP contribution in [-0.4, -0.2) is 26.9 Å². The number of nitroso groups, excluding NO2 is 1. The fourth-order valence-electron chi connectivity index (χ4n) is 1.41. The summed E-state index contributed by atoms with van der Waals surface area (Å²) in [6, 6.07) is 4.66. The number of carboxylic acids is 1. The molecule has 0 saturated heterocycles. The zero-order valence-corrected chi connectivity index (χ0v) is 10.2. The zero-order chi connectivity index (χ0) is 13.8. The fraction of sp³-hybridized carbons (Fsp3) is 0.300. The minimum atomic E-state index is -4.11. The Labute approximate surface area is 103 Å². The minimum absolute atomic E-state index is 0.0466. The number of rotatable bonds is 6. The topological polar surface area (TPSA) is 124 Å². The maximum absolute atomic E-state index is 10.8. The molecule has 1 aromatic carbocycles. The van der Waals surface area contributed by atoms with Gasteiger partial charge >= 0.3 is 13.6 Å². The van der Waals surface area contributed by atoms with E-state index in [0.717, 1.165) is 0 Å². The van der Waals surface area contributed by atoms with Crippen molar-refractivity contribution in [1.29, 1.82) is 0 Å². The average molecular weight is 273 g/mol. The maximum Gasteiger partial charge on any atom is 0.332 e. The largest absolute Gasteiger partial charge is 0.480 e. The standard InChI is InChI=1S/C10H12NO6P/c12-10(13)9(11-14)5-7-1-3-8(4-2-7)6-18(15,16)17/h1-4,9H,5-6H2,(H,12,13)(H2,15,16,17). The van der Waals surface area contributed by atoms with Gasteiger partial charge in [-0.25, -0.2) is 4.79 Å². The molecule has 1 unspecified atom stereocenters. The summed E-state index contributed by atoms with van der Waals surface area (Å²) >= 11 is 0. The SMILES string of the molecule is O=NC(Cc1ccc(CP(=O)(O)O)cc1)C(=O)O. The van der Waals surface area contributed by atoms with Gasteiger partial charge in [-0.2, -0.15) is 0 Å². The third-order valence-electron chi connectivity index (χ3n) is 2.25. The van der Waals surface area contributed by atoms with E-state index < -0.39 is 19.6 Å². The van der Waals surface area contributed by atoms with Gasteiger partial charge in [0.2, 0.25) is 0 Å². The van der Waals surface area contributed by atoms with Gasteiger partial charge in [-0.05, 0) is 11.1 Å². The summed E-state index contributed by atoms with van der Waals surface area (Å²) in [6.07, 6.45) is -0.420. The molecule has 0 spiro atoms. The molecule has 18 heavy (non-hydrogen) atoms. The lowest BCUT2D eigenvalue weighted by molar-refractivity contribution is -0.138. The van der Waals surface area contributed by atoms with Gasteiger partial charge in [0.15, 0.2) is 6.04 Å². The van der Waals surface area contributed by atoms with Gasteiger partial charge in [0, 0.05) is 6.42 Å². The molecular weight excluding hydrogens is 261 g/mol. The van der Waals surface area contributed by atoms with Gasteiger partial charge < -0.3 is 14.9 Å². The first kappa shape index (κ1) is 14.5. The van der Waals surface area contributed by atoms with Gasteiger partial charge in [-0.15, -0.1) is 4.91 Å². The highest BCUT2D eigenvalue weighted by molar-refractivity contribution is 7.50. The van der Waals surface area contributed by atoms with Crippen molar-refractivity contribution in [2.75, 3.05) is 0 Å². The second kappa shape index (κ2) is 5.86. The minimum Gasteiger partial charge on any atom is -0.480 e. The van der Waals surface area contributed by atoms with E-state index in [2.05, 4.69) is 5.18 Å². The summed E-state index contributed by atoms with van der Waals surface area (Å²) in [7, 11) is -4.11. The molecule has 0 radical (unpaired) electrons. The molecule has 0 aliphatic heterocycles. The number of carbonyl (C=O) groups is 1. The summed E-state index contributed by atoms with van der Waals surface area (Å²) in [4.78, 5) is 38.4. The highest BCUT2D eigenvalue weighted by Gasteiger charge is 2.19. The number of hydrogen-bond acceptors (Lipinski definition) is 4. The smallest absolute Gasteiger partial charge is 0.332 e. The zero-order valence-electron chi connectivity index (χ0n) is 9.26. The van der Waals surface area contributed by atoms with Gasteiger partial charge in [0.05, 0.1) is 6.16 Å². The van der Waals surface area contributed by atoms with Crippen LogP contribution in [0.15, 0.2) is 29.4 Å². The van der Waals surface area contributed by atoms with Crippen molar-refractivity contribution >= 4 is 13.6 Å². The van der Waals surface area contributed by atoms with Crippen LogP contribution >= 0.6 is 7.60 Å². The van der Waals surface area contributed by atoms with Crippen LogP contribution in [0.1, 0.15) is 11.1 Å². The Hall–Kier alpha value is -1.56. The van der Waals surface area contributed by atoms with E-state index in [1.54, 1.807) is 0 Å². The summed E-state index contributed by atoms with van der Waals surface area (Å²) in [5.41, 5.74) is 1.01. The molecule has 8 heteroatoms. The van der Waals surface area contributed by atoms with E-state index in [-0.39, 0.29) is 12.6 Å². The lowest BCUT2D eigenvalue weighted by atomic mass is 10.1. The molecule has 0 fully saturated rings. The molecular formula is C10H12NO6P. The number of hydrogen-bond donors (Lipinski definition) is 3. The number of benzene rings is 1. The molecule has 1 aromatic rings. The van der Waals surface area contributed by atoms with E-state index in [0.29, 0.717) is 11.1 Å². The fourth-order valence-corrected chi connectivity index (χ4v) is 2.10. The van der Waals surface area contributed by atoms with Crippen molar-refractivity contribution in [3.63, 3.8) is 0 Å². The van der Waals surface area contributed by atoms with E-state index in [4.69, 9.17) is 14.9 Å². The molecule has 0 heterocycles. The third-order valence-corrected chi connectivity index (χ3v) is 3.03. The Kier molecular flexibility index (Phi) is 4.72. The van der Waals surface area contributed by atoms with Crippen LogP contribution < -0.4 is 0 Å². The summed E-state index contributed by atoms with van der Waals surface area (Å²) in [5, 5.41) is 11.1. The van der Waals surface area contributed by atoms with E-state index >= 15 is 0 Å². The normalized spacial score (nSPS) is 13.0. The van der Waals surface area contributed by atoms with E-state index in [1.807, 2.05) is 0 Å². The summed E-state index contributed by atoms with van der Waals surface area (Å²) in [6.45, 7) is 0. The van der Waals surface area contributed by atoms with E-state index in [1.165, 1.54) is 24.3 Å². The van der Waals surface area contributed by atoms with Gasteiger partial charge in [-0.3, -0.25) is 4.57 Å². The van der Waals surface area contributed by atoms with Crippen molar-refractivity contribution in [3.05, 3.63) is 40.3 Å². The predicted molar refractivity (Wildman–Crippen MR) is 63.1 cm³/mol. The maximum atomic E-state index is 10.8. The number of nitrogens with zero attached hydrogens (tertiary/aromatic N) is 1.